The molecule has 5 nitrogen and oxygen atoms in total. The molecule has 8 heteroatoms. The fourth-order valence-electron chi connectivity index (χ4n) is 1.62. The molecule has 0 spiro atoms. The van der Waals surface area contributed by atoms with Gasteiger partial charge in [-0.05, 0) is 31.2 Å². The molecule has 1 aromatic heterocycles. The first-order valence-corrected chi connectivity index (χ1v) is 7.59. The topological polar surface area (TPSA) is 68.3 Å². The molecule has 0 fully saturated rings. The summed E-state index contributed by atoms with van der Waals surface area (Å²) in [4.78, 5) is 28.0. The van der Waals surface area contributed by atoms with E-state index >= 15 is 0 Å². The molecule has 1 aromatic carbocycles. The van der Waals surface area contributed by atoms with Crippen molar-refractivity contribution in [2.45, 2.75) is 13.0 Å². The Morgan fingerprint density at radius 2 is 1.91 bits per heavy atom. The lowest BCUT2D eigenvalue weighted by atomic mass is 10.2. The minimum absolute atomic E-state index is 0.0751. The molecule has 0 aliphatic heterocycles. The molecule has 0 aliphatic rings. The van der Waals surface area contributed by atoms with Crippen molar-refractivity contribution in [2.75, 3.05) is 5.32 Å². The van der Waals surface area contributed by atoms with Crippen molar-refractivity contribution in [1.29, 1.82) is 0 Å². The average molecular weight is 374 g/mol. The summed E-state index contributed by atoms with van der Waals surface area (Å²) in [5.41, 5.74) is 0.0865. The highest BCUT2D eigenvalue weighted by molar-refractivity contribution is 6.43. The number of benzene rings is 1. The molecular weight excluding hydrogens is 363 g/mol. The largest absolute Gasteiger partial charge is 0.449 e. The third-order valence-electron chi connectivity index (χ3n) is 2.80. The second-order valence-corrected chi connectivity index (χ2v) is 5.72. The second kappa shape index (κ2) is 7.64. The van der Waals surface area contributed by atoms with Crippen molar-refractivity contribution in [2.24, 2.45) is 0 Å². The van der Waals surface area contributed by atoms with Crippen LogP contribution in [0.5, 0.6) is 0 Å². The van der Waals surface area contributed by atoms with Crippen LogP contribution in [0.3, 0.4) is 0 Å². The fourth-order valence-corrected chi connectivity index (χ4v) is 2.11. The molecule has 0 saturated carbocycles. The van der Waals surface area contributed by atoms with Gasteiger partial charge < -0.3 is 10.1 Å². The molecule has 2 rings (SSSR count). The van der Waals surface area contributed by atoms with Gasteiger partial charge in [-0.25, -0.2) is 9.78 Å². The predicted octanol–water partition coefficient (Wildman–Crippen LogP) is 4.23. The van der Waals surface area contributed by atoms with Crippen LogP contribution in [-0.2, 0) is 9.53 Å². The summed E-state index contributed by atoms with van der Waals surface area (Å²) in [7, 11) is 0. The Balaban J connectivity index is 2.01. The van der Waals surface area contributed by atoms with E-state index in [2.05, 4.69) is 10.3 Å². The van der Waals surface area contributed by atoms with Gasteiger partial charge in [0.2, 0.25) is 0 Å². The number of nitrogens with one attached hydrogen (secondary N) is 1. The van der Waals surface area contributed by atoms with Crippen molar-refractivity contribution >= 4 is 52.5 Å². The van der Waals surface area contributed by atoms with Crippen molar-refractivity contribution in [3.63, 3.8) is 0 Å². The number of hydrogen-bond acceptors (Lipinski definition) is 4. The van der Waals surface area contributed by atoms with Gasteiger partial charge in [0.05, 0.1) is 20.6 Å². The fraction of sp³-hybridized carbons (Fsp3) is 0.133. The molecule has 1 N–H and O–H groups in total. The highest BCUT2D eigenvalue weighted by Crippen LogP contribution is 2.26. The van der Waals surface area contributed by atoms with E-state index in [4.69, 9.17) is 39.5 Å². The molecule has 0 saturated heterocycles. The van der Waals surface area contributed by atoms with Gasteiger partial charge in [0, 0.05) is 6.20 Å². The van der Waals surface area contributed by atoms with Gasteiger partial charge in [0.15, 0.2) is 6.10 Å². The quantitative estimate of drug-likeness (QED) is 0.815. The zero-order chi connectivity index (χ0) is 17.0. The lowest BCUT2D eigenvalue weighted by Gasteiger charge is -2.14. The van der Waals surface area contributed by atoms with Gasteiger partial charge in [-0.1, -0.05) is 40.9 Å². The number of ether oxygens (including phenoxy) is 1. The van der Waals surface area contributed by atoms with Crippen LogP contribution >= 0.6 is 34.8 Å². The summed E-state index contributed by atoms with van der Waals surface area (Å²) in [5, 5.41) is 3.25. The Labute approximate surface area is 147 Å². The second-order valence-electron chi connectivity index (χ2n) is 4.50. The van der Waals surface area contributed by atoms with Gasteiger partial charge in [0.25, 0.3) is 5.91 Å². The number of carbonyl (C=O) groups excluding carboxylic acids is 2. The predicted molar refractivity (Wildman–Crippen MR) is 89.2 cm³/mol. The first kappa shape index (κ1) is 17.5. The molecule has 0 radical (unpaired) electrons. The highest BCUT2D eigenvalue weighted by Gasteiger charge is 2.21. The van der Waals surface area contributed by atoms with Crippen LogP contribution in [0.25, 0.3) is 0 Å². The third kappa shape index (κ3) is 4.58. The van der Waals surface area contributed by atoms with E-state index in [9.17, 15) is 9.59 Å². The van der Waals surface area contributed by atoms with Crippen LogP contribution in [0, 0.1) is 0 Å². The maximum absolute atomic E-state index is 12.1. The van der Waals surface area contributed by atoms with Crippen molar-refractivity contribution in [3.05, 3.63) is 57.2 Å². The van der Waals surface area contributed by atoms with Crippen LogP contribution in [0.1, 0.15) is 17.3 Å². The molecule has 1 heterocycles. The minimum Gasteiger partial charge on any atom is -0.449 e. The zero-order valence-electron chi connectivity index (χ0n) is 11.8. The summed E-state index contributed by atoms with van der Waals surface area (Å²) in [6, 6.07) is 7.67. The number of halogens is 3. The first-order valence-electron chi connectivity index (χ1n) is 6.46. The molecule has 2 aromatic rings. The summed E-state index contributed by atoms with van der Waals surface area (Å²) >= 11 is 17.5. The first-order chi connectivity index (χ1) is 10.9. The Bertz CT molecular complexity index is 735. The van der Waals surface area contributed by atoms with Gasteiger partial charge >= 0.3 is 5.97 Å². The molecule has 23 heavy (non-hydrogen) atoms. The number of amides is 1. The lowest BCUT2D eigenvalue weighted by molar-refractivity contribution is -0.123. The molecule has 0 unspecified atom stereocenters. The molecule has 1 atom stereocenters. The van der Waals surface area contributed by atoms with E-state index in [-0.39, 0.29) is 15.6 Å². The van der Waals surface area contributed by atoms with Crippen molar-refractivity contribution in [3.8, 4) is 0 Å². The van der Waals surface area contributed by atoms with E-state index in [1.807, 2.05) is 0 Å². The Kier molecular flexibility index (Phi) is 5.82. The lowest BCUT2D eigenvalue weighted by Crippen LogP contribution is -2.30. The van der Waals surface area contributed by atoms with Crippen molar-refractivity contribution < 1.29 is 14.3 Å². The minimum atomic E-state index is -1.05. The van der Waals surface area contributed by atoms with E-state index in [1.54, 1.807) is 18.2 Å². The summed E-state index contributed by atoms with van der Waals surface area (Å²) < 4.78 is 5.08. The molecule has 120 valence electrons. The Morgan fingerprint density at radius 3 is 2.57 bits per heavy atom. The number of nitrogens with zero attached hydrogens (tertiary/aromatic N) is 1. The number of carbonyl (C=O) groups is 2. The molecule has 0 aliphatic carbocycles. The highest BCUT2D eigenvalue weighted by atomic mass is 35.5. The summed E-state index contributed by atoms with van der Waals surface area (Å²) in [6.07, 6.45) is 0.342. The number of pyridine rings is 1. The molecule has 1 amide bonds. The van der Waals surface area contributed by atoms with Crippen LogP contribution in [0.2, 0.25) is 15.1 Å². The van der Waals surface area contributed by atoms with E-state index in [0.717, 1.165) is 0 Å². The number of anilines is 1. The number of rotatable bonds is 4. The monoisotopic (exact) mass is 372 g/mol. The maximum Gasteiger partial charge on any atom is 0.340 e. The molecule has 0 bridgehead atoms. The number of esters is 1. The van der Waals surface area contributed by atoms with Gasteiger partial charge in [-0.3, -0.25) is 4.79 Å². The van der Waals surface area contributed by atoms with Gasteiger partial charge in [-0.2, -0.15) is 0 Å². The van der Waals surface area contributed by atoms with Crippen LogP contribution < -0.4 is 5.32 Å². The maximum atomic E-state index is 12.1. The average Bonchev–Trinajstić information content (AvgIpc) is 2.52. The van der Waals surface area contributed by atoms with Gasteiger partial charge in [-0.15, -0.1) is 0 Å². The summed E-state index contributed by atoms with van der Waals surface area (Å²) in [5.74, 6) is -0.987. The summed E-state index contributed by atoms with van der Waals surface area (Å²) in [6.45, 7) is 1.43. The van der Waals surface area contributed by atoms with Crippen LogP contribution in [0.4, 0.5) is 5.82 Å². The SMILES string of the molecule is C[C@@H](OC(=O)c1cccc(Cl)c1Cl)C(=O)Nc1ccc(Cl)cn1. The normalized spacial score (nSPS) is 11.7. The van der Waals surface area contributed by atoms with E-state index in [1.165, 1.54) is 25.3 Å². The standard InChI is InChI=1S/C15H11Cl3N2O3/c1-8(14(21)20-12-6-5-9(16)7-19-12)23-15(22)10-3-2-4-11(17)13(10)18/h2-8H,1H3,(H,19,20,21)/t8-/m1/s1. The van der Waals surface area contributed by atoms with Gasteiger partial charge in [0.1, 0.15) is 5.82 Å². The van der Waals surface area contributed by atoms with Crippen LogP contribution in [0.15, 0.2) is 36.5 Å². The Morgan fingerprint density at radius 1 is 1.17 bits per heavy atom. The smallest absolute Gasteiger partial charge is 0.340 e. The zero-order valence-corrected chi connectivity index (χ0v) is 14.1. The van der Waals surface area contributed by atoms with E-state index < -0.39 is 18.0 Å². The third-order valence-corrected chi connectivity index (χ3v) is 3.85. The number of aromatic nitrogens is 1. The Hall–Kier alpha value is -1.82. The van der Waals surface area contributed by atoms with E-state index in [0.29, 0.717) is 10.8 Å². The number of hydrogen-bond donors (Lipinski definition) is 1. The molecular formula is C15H11Cl3N2O3. The van der Waals surface area contributed by atoms with Crippen molar-refractivity contribution in [1.82, 2.24) is 4.98 Å². The van der Waals surface area contributed by atoms with Crippen LogP contribution in [-0.4, -0.2) is 23.0 Å².